The molecule has 64 heavy (non-hydrogen) atoms. The molecule has 4 N–H and O–H groups in total. The number of rotatable bonds is 14. The third-order valence-electron chi connectivity index (χ3n) is 8.48. The van der Waals surface area contributed by atoms with Crippen molar-refractivity contribution in [2.45, 2.75) is 78.2 Å². The predicted molar refractivity (Wildman–Crippen MR) is 243 cm³/mol. The van der Waals surface area contributed by atoms with E-state index < -0.39 is 50.2 Å². The average Bonchev–Trinajstić information content (AvgIpc) is 3.14. The second-order valence-electron chi connectivity index (χ2n) is 16.4. The molecule has 0 heterocycles. The first-order valence-corrected chi connectivity index (χ1v) is 23.3. The van der Waals surface area contributed by atoms with Crippen LogP contribution in [0, 0.1) is 0 Å². The maximum atomic E-state index is 12.7. The van der Waals surface area contributed by atoms with Crippen LogP contribution in [-0.2, 0) is 48.8 Å². The minimum absolute atomic E-state index is 0.0146. The molecule has 0 saturated carbocycles. The first kappa shape index (κ1) is 52.7. The van der Waals surface area contributed by atoms with Gasteiger partial charge in [-0.25, -0.2) is 16.8 Å². The number of amides is 1. The molecule has 20 heteroatoms. The van der Waals surface area contributed by atoms with Crippen molar-refractivity contribution in [3.8, 4) is 11.5 Å². The molecule has 11 nitrogen and oxygen atoms in total. The van der Waals surface area contributed by atoms with E-state index in [2.05, 4.69) is 61.6 Å². The standard InChI is InChI=1S/C22H25F3N2O4S.C22H25F3N2O3S2/c1-21(2,3)17-9-5-15(6-10-17)8-12-20(28)26-14-16-7-11-18(27-32(4,29)30)19(13-16)31-22(23,24)25;1-21(2,3)17-9-5-15(6-10-17)8-12-20(31)26-14-16-7-11-18(27-32(4,28)29)19(13-16)30-22(23,24)25/h5-13,27H,14H2,1-4H3,(H,26,28);5-13,27H,14H2,1-4H3,(H,26,31)/b2*12-8+. The first-order chi connectivity index (χ1) is 29.2. The lowest BCUT2D eigenvalue weighted by molar-refractivity contribution is -0.275. The lowest BCUT2D eigenvalue weighted by Crippen LogP contribution is -2.21. The van der Waals surface area contributed by atoms with Gasteiger partial charge in [-0.05, 0) is 80.6 Å². The zero-order valence-corrected chi connectivity index (χ0v) is 38.6. The maximum Gasteiger partial charge on any atom is 0.573 e. The molecule has 0 saturated heterocycles. The van der Waals surface area contributed by atoms with Gasteiger partial charge in [-0.1, -0.05) is 120 Å². The fourth-order valence-corrected chi connectivity index (χ4v) is 6.64. The number of benzene rings is 4. The van der Waals surface area contributed by atoms with Gasteiger partial charge >= 0.3 is 12.7 Å². The van der Waals surface area contributed by atoms with Crippen molar-refractivity contribution in [2.75, 3.05) is 22.0 Å². The second kappa shape index (κ2) is 21.4. The van der Waals surface area contributed by atoms with Crippen molar-refractivity contribution in [3.05, 3.63) is 130 Å². The number of alkyl halides is 6. The number of carbonyl (C=O) groups is 1. The lowest BCUT2D eigenvalue weighted by atomic mass is 9.87. The monoisotopic (exact) mass is 956 g/mol. The predicted octanol–water partition coefficient (Wildman–Crippen LogP) is 9.97. The number of ether oxygens (including phenoxy) is 2. The molecule has 0 unspecified atom stereocenters. The number of carbonyl (C=O) groups excluding carboxylic acids is 1. The van der Waals surface area contributed by atoms with Gasteiger partial charge in [0.15, 0.2) is 11.5 Å². The Hall–Kier alpha value is -5.60. The van der Waals surface area contributed by atoms with Crippen LogP contribution in [0.3, 0.4) is 0 Å². The Balaban J connectivity index is 0.000000340. The van der Waals surface area contributed by atoms with E-state index in [1.165, 1.54) is 29.8 Å². The molecule has 0 aromatic heterocycles. The highest BCUT2D eigenvalue weighted by Crippen LogP contribution is 2.33. The zero-order chi connectivity index (χ0) is 48.3. The van der Waals surface area contributed by atoms with Crippen molar-refractivity contribution in [1.82, 2.24) is 10.6 Å². The van der Waals surface area contributed by atoms with E-state index in [0.717, 1.165) is 47.4 Å². The first-order valence-electron chi connectivity index (χ1n) is 19.1. The molecular formula is C44H50F6N4O7S3. The molecule has 348 valence electrons. The van der Waals surface area contributed by atoms with Gasteiger partial charge in [-0.3, -0.25) is 14.2 Å². The molecule has 4 aromatic carbocycles. The highest BCUT2D eigenvalue weighted by atomic mass is 32.2. The van der Waals surface area contributed by atoms with Crippen LogP contribution in [0.2, 0.25) is 0 Å². The fourth-order valence-electron chi connectivity index (χ4n) is 5.37. The zero-order valence-electron chi connectivity index (χ0n) is 36.2. The second-order valence-corrected chi connectivity index (χ2v) is 20.3. The summed E-state index contributed by atoms with van der Waals surface area (Å²) < 4.78 is 133. The summed E-state index contributed by atoms with van der Waals surface area (Å²) in [6.07, 6.45) is -1.88. The molecule has 0 aliphatic rings. The van der Waals surface area contributed by atoms with Crippen molar-refractivity contribution in [1.29, 1.82) is 0 Å². The van der Waals surface area contributed by atoms with Crippen molar-refractivity contribution >= 4 is 66.7 Å². The SMILES string of the molecule is CC(C)(C)c1ccc(/C=C/C(=O)NCc2ccc(NS(C)(=O)=O)c(OC(F)(F)F)c2)cc1.CC(C)(C)c1ccc(/C=C/C(=S)NCc2ccc(NS(C)(=O)=O)c(OC(F)(F)F)c2)cc1. The van der Waals surface area contributed by atoms with Gasteiger partial charge in [0.25, 0.3) is 0 Å². The normalized spacial score (nSPS) is 12.6. The number of nitrogens with one attached hydrogen (secondary N) is 4. The minimum atomic E-state index is -5.01. The van der Waals surface area contributed by atoms with Crippen molar-refractivity contribution in [2.24, 2.45) is 0 Å². The Morgan fingerprint density at radius 1 is 0.578 bits per heavy atom. The van der Waals surface area contributed by atoms with Crippen LogP contribution in [0.4, 0.5) is 37.7 Å². The number of anilines is 2. The average molecular weight is 957 g/mol. The summed E-state index contributed by atoms with van der Waals surface area (Å²) >= 11 is 5.25. The minimum Gasteiger partial charge on any atom is -0.404 e. The third-order valence-corrected chi connectivity index (χ3v) is 9.94. The summed E-state index contributed by atoms with van der Waals surface area (Å²) in [5, 5.41) is 5.49. The van der Waals surface area contributed by atoms with Crippen LogP contribution >= 0.6 is 12.2 Å². The molecule has 0 atom stereocenters. The Morgan fingerprint density at radius 3 is 1.28 bits per heavy atom. The van der Waals surface area contributed by atoms with Gasteiger partial charge in [0, 0.05) is 19.2 Å². The third kappa shape index (κ3) is 20.3. The van der Waals surface area contributed by atoms with Gasteiger partial charge in [-0.2, -0.15) is 0 Å². The van der Waals surface area contributed by atoms with E-state index in [4.69, 9.17) is 12.2 Å². The molecule has 4 aromatic rings. The fraction of sp³-hybridized carbons (Fsp3) is 0.318. The highest BCUT2D eigenvalue weighted by molar-refractivity contribution is 7.92. The number of thiocarbonyl (C=S) groups is 1. The van der Waals surface area contributed by atoms with Crippen LogP contribution in [0.1, 0.15) is 74.9 Å². The molecule has 4 rings (SSSR count). The quantitative estimate of drug-likeness (QED) is 0.0550. The summed E-state index contributed by atoms with van der Waals surface area (Å²) in [6.45, 7) is 12.7. The van der Waals surface area contributed by atoms with Crippen LogP contribution in [0.25, 0.3) is 12.2 Å². The Kier molecular flexibility index (Phi) is 17.6. The van der Waals surface area contributed by atoms with Gasteiger partial charge in [0.05, 0.1) is 28.9 Å². The topological polar surface area (TPSA) is 152 Å². The van der Waals surface area contributed by atoms with E-state index in [0.29, 0.717) is 16.1 Å². The Morgan fingerprint density at radius 2 is 0.938 bits per heavy atom. The van der Waals surface area contributed by atoms with Gasteiger partial charge in [-0.15, -0.1) is 26.3 Å². The Bertz CT molecular complexity index is 2350. The van der Waals surface area contributed by atoms with E-state index >= 15 is 0 Å². The van der Waals surface area contributed by atoms with Crippen molar-refractivity contribution in [3.63, 3.8) is 0 Å². The molecule has 0 fully saturated rings. The number of halogens is 6. The lowest BCUT2D eigenvalue weighted by Gasteiger charge is -2.18. The highest BCUT2D eigenvalue weighted by Gasteiger charge is 2.33. The number of hydrogen-bond donors (Lipinski definition) is 4. The van der Waals surface area contributed by atoms with E-state index in [-0.39, 0.29) is 35.3 Å². The molecule has 0 bridgehead atoms. The summed E-state index contributed by atoms with van der Waals surface area (Å²) in [7, 11) is -7.60. The Labute approximate surface area is 375 Å². The largest absolute Gasteiger partial charge is 0.573 e. The summed E-state index contributed by atoms with van der Waals surface area (Å²) in [5.74, 6) is -1.81. The van der Waals surface area contributed by atoms with Crippen LogP contribution in [-0.4, -0.2) is 53.0 Å². The molecule has 0 radical (unpaired) electrons. The molecule has 0 spiro atoms. The molecule has 1 amide bonds. The van der Waals surface area contributed by atoms with Crippen LogP contribution < -0.4 is 29.6 Å². The number of sulfonamides is 2. The van der Waals surface area contributed by atoms with Gasteiger partial charge in [0.2, 0.25) is 26.0 Å². The smallest absolute Gasteiger partial charge is 0.404 e. The van der Waals surface area contributed by atoms with Crippen LogP contribution in [0.15, 0.2) is 97.1 Å². The van der Waals surface area contributed by atoms with Gasteiger partial charge in [0.1, 0.15) is 0 Å². The van der Waals surface area contributed by atoms with Gasteiger partial charge < -0.3 is 20.1 Å². The summed E-state index contributed by atoms with van der Waals surface area (Å²) in [5.41, 5.74) is 4.26. The summed E-state index contributed by atoms with van der Waals surface area (Å²) in [6, 6.07) is 23.1. The van der Waals surface area contributed by atoms with E-state index in [1.54, 1.807) is 12.2 Å². The molecule has 0 aliphatic heterocycles. The molecule has 0 aliphatic carbocycles. The van der Waals surface area contributed by atoms with E-state index in [9.17, 15) is 48.0 Å². The van der Waals surface area contributed by atoms with Crippen LogP contribution in [0.5, 0.6) is 11.5 Å². The summed E-state index contributed by atoms with van der Waals surface area (Å²) in [4.78, 5) is 12.5. The maximum absolute atomic E-state index is 12.7. The molecular weight excluding hydrogens is 907 g/mol. The number of hydrogen-bond acceptors (Lipinski definition) is 8. The van der Waals surface area contributed by atoms with Crippen molar-refractivity contribution < 1.29 is 57.4 Å². The van der Waals surface area contributed by atoms with E-state index in [1.807, 2.05) is 64.1 Å².